The number of Topliss-reactive ketones (excluding diaryl/α,β-unsaturated/α-hetero) is 1. The van der Waals surface area contributed by atoms with Crippen molar-refractivity contribution >= 4 is 86.4 Å². The van der Waals surface area contributed by atoms with Crippen LogP contribution in [0.15, 0.2) is 0 Å². The predicted octanol–water partition coefficient (Wildman–Crippen LogP) is 5.91. The summed E-state index contributed by atoms with van der Waals surface area (Å²) in [5.41, 5.74) is 0.541. The fourth-order valence-corrected chi connectivity index (χ4v) is 16.7. The van der Waals surface area contributed by atoms with E-state index < -0.39 is 14.7 Å². The van der Waals surface area contributed by atoms with Crippen LogP contribution in [0.4, 0.5) is 4.79 Å². The standard InChI is InChI=1S/C12H17ClO2.C11H18O.C10H16O.C10H14O.4CO2.CH4O.2CH4.B.Cl2OS.Na.H/c1-12-4-7-2-8(5-12)10(15-11(13)14)9(3-7)6-12;1-11-4-7-2-8(5-11)10(12)9(3-7)6-11;2*11-10-8-2-6-1-7(4-8)5-9(10)3-6;4*2-1-3;1-2;;;;1-4(2)3;;/h7-10H,2-6H2,1H3;7-10,12H,2-6H2,1H3;6-11H,1-5H2;6-9H,1-5H2;;;;;2H,1H3;2*1H4;;;;/q;;;;;;;;;;;;;+1;-1. The van der Waals surface area contributed by atoms with E-state index in [4.69, 9.17) is 64.0 Å². The van der Waals surface area contributed by atoms with Gasteiger partial charge in [0.05, 0.1) is 12.2 Å². The van der Waals surface area contributed by atoms with E-state index in [-0.39, 0.29) is 97.2 Å². The summed E-state index contributed by atoms with van der Waals surface area (Å²) in [4.78, 5) is 87.4. The Morgan fingerprint density at radius 1 is 0.535 bits per heavy atom. The second-order valence-electron chi connectivity index (χ2n) is 22.0. The normalized spacial score (nSPS) is 40.2. The van der Waals surface area contributed by atoms with Gasteiger partial charge in [-0.25, -0.2) is 9.00 Å². The Balaban J connectivity index is -0.000000781. The van der Waals surface area contributed by atoms with Gasteiger partial charge in [0.15, 0.2) is 0 Å². The molecule has 3 N–H and O–H groups in total. The van der Waals surface area contributed by atoms with E-state index in [0.29, 0.717) is 64.0 Å². The SMILES string of the molecule is C.C.CC12CC3CC(C1)C(O)C(C3)C2.CC12CC3CC(C1)C(OC(=O)Cl)C(C3)C2.CO.O=C1C2CC3CC(C2)CC1C3.O=C=O.O=C=O.O=C=O.O=C=O.O=S(Cl)Cl.OC1C2CC3CC(C2)CC1C3.[B].[H-].[Na+]. The molecule has 16 fully saturated rings. The first-order chi connectivity index (χ1) is 31.8. The molecule has 16 aliphatic rings. The summed E-state index contributed by atoms with van der Waals surface area (Å²) < 4.78 is 14.4. The molecule has 0 amide bonds. The summed E-state index contributed by atoms with van der Waals surface area (Å²) in [5, 5.41) is 26.8. The van der Waals surface area contributed by atoms with Gasteiger partial charge < -0.3 is 21.5 Å². The molecule has 399 valence electrons. The third-order valence-corrected chi connectivity index (χ3v) is 17.5. The number of aliphatic hydroxyl groups is 3. The van der Waals surface area contributed by atoms with Crippen molar-refractivity contribution in [2.75, 3.05) is 7.11 Å². The van der Waals surface area contributed by atoms with E-state index in [1.54, 1.807) is 0 Å². The van der Waals surface area contributed by atoms with Crippen LogP contribution in [0.1, 0.15) is 159 Å². The summed E-state index contributed by atoms with van der Waals surface area (Å²) in [6, 6.07) is 0. The molecule has 16 bridgehead atoms. The first kappa shape index (κ1) is 71.7. The molecule has 0 spiro atoms. The summed E-state index contributed by atoms with van der Waals surface area (Å²) in [5.74, 6) is 11.3. The molecule has 16 saturated carbocycles. The molecule has 0 aromatic carbocycles. The number of hydrogen-bond acceptors (Lipinski definition) is 15. The van der Waals surface area contributed by atoms with E-state index in [0.717, 1.165) is 42.6 Å². The Labute approximate surface area is 462 Å². The molecule has 3 radical (unpaired) electrons. The minimum atomic E-state index is -1.67. The number of ether oxygens (including phenoxy) is 1. The Bertz CT molecular complexity index is 1650. The summed E-state index contributed by atoms with van der Waals surface area (Å²) in [7, 11) is 8.36. The molecule has 16 aliphatic carbocycles. The van der Waals surface area contributed by atoms with E-state index in [1.807, 2.05) is 0 Å². The molecule has 0 aliphatic heterocycles. The monoisotopic (exact) mass is 1090 g/mol. The van der Waals surface area contributed by atoms with Gasteiger partial charge in [0.25, 0.3) is 0 Å². The molecule has 21 heteroatoms. The van der Waals surface area contributed by atoms with Crippen molar-refractivity contribution < 1.29 is 103 Å². The average molecular weight is 1090 g/mol. The molecule has 0 aromatic heterocycles. The van der Waals surface area contributed by atoms with Crippen molar-refractivity contribution in [3.8, 4) is 0 Å². The third-order valence-electron chi connectivity index (χ3n) is 17.4. The van der Waals surface area contributed by atoms with E-state index >= 15 is 0 Å². The maximum absolute atomic E-state index is 11.6. The molecule has 71 heavy (non-hydrogen) atoms. The Kier molecular flexibility index (Phi) is 34.7. The van der Waals surface area contributed by atoms with Crippen molar-refractivity contribution in [3.05, 3.63) is 0 Å². The first-order valence-electron chi connectivity index (χ1n) is 23.7. The van der Waals surface area contributed by atoms with Crippen molar-refractivity contribution in [3.63, 3.8) is 0 Å². The van der Waals surface area contributed by atoms with Crippen LogP contribution >= 0.6 is 33.0 Å². The number of ketones is 1. The van der Waals surface area contributed by atoms with Gasteiger partial charge >= 0.3 is 59.6 Å². The van der Waals surface area contributed by atoms with Gasteiger partial charge in [-0.2, -0.15) is 38.4 Å². The number of halogens is 3. The molecular weight excluding hydrogens is 1010 g/mol. The summed E-state index contributed by atoms with van der Waals surface area (Å²) in [6.45, 7) is 4.83. The topological polar surface area (TPSA) is 258 Å². The van der Waals surface area contributed by atoms with Gasteiger partial charge in [-0.05, 0) is 210 Å². The average Bonchev–Trinajstić information content (AvgIpc) is 3.23. The zero-order valence-electron chi connectivity index (χ0n) is 41.3. The van der Waals surface area contributed by atoms with Gasteiger partial charge in [0.1, 0.15) is 11.9 Å². The molecule has 0 aromatic rings. The van der Waals surface area contributed by atoms with E-state index in [1.165, 1.54) is 128 Å². The summed E-state index contributed by atoms with van der Waals surface area (Å²) >= 11 is 5.34. The second kappa shape index (κ2) is 34.3. The predicted molar refractivity (Wildman–Crippen MR) is 259 cm³/mol. The Hall–Kier alpha value is -1.38. The van der Waals surface area contributed by atoms with Crippen molar-refractivity contribution in [2.24, 2.45) is 93.7 Å². The van der Waals surface area contributed by atoms with Gasteiger partial charge in [0.2, 0.25) is 9.23 Å². The third kappa shape index (κ3) is 20.9. The van der Waals surface area contributed by atoms with Gasteiger partial charge in [-0.1, -0.05) is 28.7 Å². The smallest absolute Gasteiger partial charge is 1.00 e. The van der Waals surface area contributed by atoms with Crippen LogP contribution in [-0.2, 0) is 57.1 Å². The number of carbonyl (C=O) groups excluding carboxylic acids is 10. The van der Waals surface area contributed by atoms with Crippen molar-refractivity contribution in [1.29, 1.82) is 0 Å². The van der Waals surface area contributed by atoms with E-state index in [9.17, 15) is 19.8 Å². The fourth-order valence-electron chi connectivity index (χ4n) is 16.6. The Morgan fingerprint density at radius 3 is 1.06 bits per heavy atom. The molecule has 0 saturated heterocycles. The van der Waals surface area contributed by atoms with Crippen LogP contribution < -0.4 is 29.6 Å². The van der Waals surface area contributed by atoms with Crippen LogP contribution in [0.25, 0.3) is 0 Å². The largest absolute Gasteiger partial charge is 1.00 e. The molecule has 16 rings (SSSR count). The van der Waals surface area contributed by atoms with Crippen molar-refractivity contribution in [1.82, 2.24) is 0 Å². The first-order valence-corrected chi connectivity index (χ1v) is 26.9. The maximum Gasteiger partial charge on any atom is 1.00 e. The minimum Gasteiger partial charge on any atom is -1.00 e. The zero-order chi connectivity index (χ0) is 50.2. The van der Waals surface area contributed by atoms with Crippen LogP contribution in [0.3, 0.4) is 0 Å². The number of rotatable bonds is 1. The van der Waals surface area contributed by atoms with Crippen LogP contribution in [-0.4, -0.2) is 89.2 Å². The van der Waals surface area contributed by atoms with Gasteiger partial charge in [-0.3, -0.25) is 4.79 Å². The molecule has 4 unspecified atom stereocenters. The molecule has 4 atom stereocenters. The molecular formula is C50H78BCl3NaO15S. The maximum atomic E-state index is 11.6. The minimum absolute atomic E-state index is 0. The number of carbonyl (C=O) groups is 2. The van der Waals surface area contributed by atoms with Crippen molar-refractivity contribution in [2.45, 2.75) is 175 Å². The van der Waals surface area contributed by atoms with Gasteiger partial charge in [0, 0.05) is 60.3 Å². The van der Waals surface area contributed by atoms with Crippen LogP contribution in [0.5, 0.6) is 0 Å². The van der Waals surface area contributed by atoms with Crippen LogP contribution in [0, 0.1) is 93.7 Å². The zero-order valence-corrected chi connectivity index (χ0v) is 45.4. The summed E-state index contributed by atoms with van der Waals surface area (Å²) in [6.07, 6.45) is 27.6. The van der Waals surface area contributed by atoms with E-state index in [2.05, 4.69) is 35.2 Å². The fraction of sp³-hybridized carbons (Fsp3) is 0.880. The number of hydrogen-bond donors (Lipinski definition) is 3. The molecule has 0 heterocycles. The second-order valence-corrected chi connectivity index (χ2v) is 24.9. The van der Waals surface area contributed by atoms with Gasteiger partial charge in [-0.15, -0.1) is 0 Å². The Morgan fingerprint density at radius 2 is 0.775 bits per heavy atom. The van der Waals surface area contributed by atoms with Crippen LogP contribution in [0.2, 0.25) is 0 Å². The molecule has 15 nitrogen and oxygen atoms in total. The quantitative estimate of drug-likeness (QED) is 0.204. The number of aliphatic hydroxyl groups excluding tert-OH is 3.